The van der Waals surface area contributed by atoms with Crippen LogP contribution in [-0.4, -0.2) is 23.1 Å². The number of nitrogens with zero attached hydrogens (tertiary/aromatic N) is 2. The van der Waals surface area contributed by atoms with Gasteiger partial charge in [-0.25, -0.2) is 9.97 Å². The Hall–Kier alpha value is -0.780. The third-order valence-corrected chi connectivity index (χ3v) is 5.17. The minimum atomic E-state index is 0.728. The van der Waals surface area contributed by atoms with Gasteiger partial charge in [-0.3, -0.25) is 0 Å². The quantitative estimate of drug-likeness (QED) is 0.931. The lowest BCUT2D eigenvalue weighted by Gasteiger charge is -2.21. The van der Waals surface area contributed by atoms with Crippen LogP contribution in [0.1, 0.15) is 18.7 Å². The van der Waals surface area contributed by atoms with E-state index in [2.05, 4.69) is 37.7 Å². The summed E-state index contributed by atoms with van der Waals surface area (Å²) in [6.07, 6.45) is 5.35. The maximum absolute atomic E-state index is 4.71. The fourth-order valence-corrected chi connectivity index (χ4v) is 3.82. The van der Waals surface area contributed by atoms with Crippen LogP contribution in [0.2, 0.25) is 0 Å². The second-order valence-corrected chi connectivity index (χ2v) is 6.71. The van der Waals surface area contributed by atoms with Crippen molar-refractivity contribution in [1.29, 1.82) is 0 Å². The molecule has 1 fully saturated rings. The number of hydrogen-bond acceptors (Lipinski definition) is 4. The summed E-state index contributed by atoms with van der Waals surface area (Å²) in [5, 5.41) is 5.48. The van der Waals surface area contributed by atoms with Gasteiger partial charge >= 0.3 is 0 Å². The maximum atomic E-state index is 4.71. The molecule has 3 heterocycles. The smallest absolute Gasteiger partial charge is 0.129 e. The molecule has 3 nitrogen and oxygen atoms in total. The van der Waals surface area contributed by atoms with Gasteiger partial charge in [-0.05, 0) is 59.9 Å². The van der Waals surface area contributed by atoms with Gasteiger partial charge < -0.3 is 5.32 Å². The van der Waals surface area contributed by atoms with Gasteiger partial charge in [-0.1, -0.05) is 0 Å². The Kier molecular flexibility index (Phi) is 4.25. The maximum Gasteiger partial charge on any atom is 0.129 e. The van der Waals surface area contributed by atoms with Crippen molar-refractivity contribution in [2.45, 2.75) is 19.3 Å². The van der Waals surface area contributed by atoms with E-state index in [-0.39, 0.29) is 0 Å². The largest absolute Gasteiger partial charge is 0.317 e. The molecule has 19 heavy (non-hydrogen) atoms. The fourth-order valence-electron chi connectivity index (χ4n) is 2.43. The Bertz CT molecular complexity index is 549. The van der Waals surface area contributed by atoms with E-state index in [9.17, 15) is 0 Å². The van der Waals surface area contributed by atoms with Gasteiger partial charge in [0.15, 0.2) is 0 Å². The molecule has 5 heteroatoms. The molecule has 0 amide bonds. The molecule has 0 unspecified atom stereocenters. The SMILES string of the molecule is Brc1csc(-c2ccnc(CC3CCNCC3)n2)c1. The number of aromatic nitrogens is 2. The molecule has 1 aliphatic rings. The van der Waals surface area contributed by atoms with Crippen molar-refractivity contribution < 1.29 is 0 Å². The molecule has 0 aromatic carbocycles. The summed E-state index contributed by atoms with van der Waals surface area (Å²) in [7, 11) is 0. The van der Waals surface area contributed by atoms with Gasteiger partial charge in [-0.15, -0.1) is 11.3 Å². The van der Waals surface area contributed by atoms with Crippen LogP contribution in [0.5, 0.6) is 0 Å². The Morgan fingerprint density at radius 1 is 1.37 bits per heavy atom. The molecule has 100 valence electrons. The normalized spacial score (nSPS) is 16.7. The predicted octanol–water partition coefficient (Wildman–Crippen LogP) is 3.51. The Labute approximate surface area is 125 Å². The third-order valence-electron chi connectivity index (χ3n) is 3.46. The average Bonchev–Trinajstić information content (AvgIpc) is 2.87. The molecule has 0 spiro atoms. The summed E-state index contributed by atoms with van der Waals surface area (Å²) in [5.41, 5.74) is 1.04. The highest BCUT2D eigenvalue weighted by Gasteiger charge is 2.15. The lowest BCUT2D eigenvalue weighted by Crippen LogP contribution is -2.29. The van der Waals surface area contributed by atoms with Crippen molar-refractivity contribution in [3.05, 3.63) is 34.0 Å². The summed E-state index contributed by atoms with van der Waals surface area (Å²) in [6.45, 7) is 2.25. The van der Waals surface area contributed by atoms with Gasteiger partial charge in [0.25, 0.3) is 0 Å². The molecule has 0 atom stereocenters. The van der Waals surface area contributed by atoms with E-state index < -0.39 is 0 Å². The van der Waals surface area contributed by atoms with Gasteiger partial charge in [0.05, 0.1) is 10.6 Å². The lowest BCUT2D eigenvalue weighted by molar-refractivity contribution is 0.367. The Balaban J connectivity index is 1.75. The molecule has 0 radical (unpaired) electrons. The molecule has 1 aliphatic heterocycles. The second kappa shape index (κ2) is 6.11. The summed E-state index contributed by atoms with van der Waals surface area (Å²) in [5.74, 6) is 1.71. The number of thiophene rings is 1. The first kappa shape index (κ1) is 13.2. The van der Waals surface area contributed by atoms with Crippen molar-refractivity contribution in [3.8, 4) is 10.6 Å². The van der Waals surface area contributed by atoms with Crippen molar-refractivity contribution in [1.82, 2.24) is 15.3 Å². The monoisotopic (exact) mass is 337 g/mol. The Morgan fingerprint density at radius 2 is 2.21 bits per heavy atom. The molecule has 1 saturated heterocycles. The highest BCUT2D eigenvalue weighted by molar-refractivity contribution is 9.10. The molecule has 1 N–H and O–H groups in total. The molecular formula is C14H16BrN3S. The van der Waals surface area contributed by atoms with E-state index in [1.165, 1.54) is 17.7 Å². The minimum absolute atomic E-state index is 0.728. The highest BCUT2D eigenvalue weighted by Crippen LogP contribution is 2.28. The Morgan fingerprint density at radius 3 is 2.95 bits per heavy atom. The highest BCUT2D eigenvalue weighted by atomic mass is 79.9. The fraction of sp³-hybridized carbons (Fsp3) is 0.429. The summed E-state index contributed by atoms with van der Waals surface area (Å²) < 4.78 is 1.12. The van der Waals surface area contributed by atoms with E-state index in [1.807, 2.05) is 12.3 Å². The summed E-state index contributed by atoms with van der Waals surface area (Å²) >= 11 is 5.20. The number of nitrogens with one attached hydrogen (secondary N) is 1. The first-order valence-electron chi connectivity index (χ1n) is 6.58. The van der Waals surface area contributed by atoms with Crippen molar-refractivity contribution in [3.63, 3.8) is 0 Å². The molecule has 0 saturated carbocycles. The average molecular weight is 338 g/mol. The van der Waals surface area contributed by atoms with Crippen LogP contribution < -0.4 is 5.32 Å². The second-order valence-electron chi connectivity index (χ2n) is 4.88. The van der Waals surface area contributed by atoms with Crippen LogP contribution in [-0.2, 0) is 6.42 Å². The zero-order valence-electron chi connectivity index (χ0n) is 10.6. The van der Waals surface area contributed by atoms with Crippen LogP contribution >= 0.6 is 27.3 Å². The number of hydrogen-bond donors (Lipinski definition) is 1. The van der Waals surface area contributed by atoms with Gasteiger partial charge in [0.2, 0.25) is 0 Å². The zero-order chi connectivity index (χ0) is 13.1. The van der Waals surface area contributed by atoms with Crippen LogP contribution in [0.25, 0.3) is 10.6 Å². The lowest BCUT2D eigenvalue weighted by atomic mass is 9.94. The molecule has 2 aromatic heterocycles. The topological polar surface area (TPSA) is 37.8 Å². The first-order valence-corrected chi connectivity index (χ1v) is 8.25. The molecule has 2 aromatic rings. The molecule has 3 rings (SSSR count). The van der Waals surface area contributed by atoms with Crippen molar-refractivity contribution >= 4 is 27.3 Å². The third kappa shape index (κ3) is 3.41. The molecule has 0 aliphatic carbocycles. The molecule has 0 bridgehead atoms. The first-order chi connectivity index (χ1) is 9.31. The van der Waals surface area contributed by atoms with Gasteiger partial charge in [0.1, 0.15) is 5.82 Å². The van der Waals surface area contributed by atoms with Crippen LogP contribution in [0, 0.1) is 5.92 Å². The standard InChI is InChI=1S/C14H16BrN3S/c15-11-8-13(19-9-11)12-3-6-17-14(18-12)7-10-1-4-16-5-2-10/h3,6,8-10,16H,1-2,4-5,7H2. The van der Waals surface area contributed by atoms with E-state index in [1.54, 1.807) is 11.3 Å². The summed E-state index contributed by atoms with van der Waals surface area (Å²) in [6, 6.07) is 4.10. The number of piperidine rings is 1. The minimum Gasteiger partial charge on any atom is -0.317 e. The van der Waals surface area contributed by atoms with Gasteiger partial charge in [-0.2, -0.15) is 0 Å². The van der Waals surface area contributed by atoms with Gasteiger partial charge in [0, 0.05) is 22.5 Å². The van der Waals surface area contributed by atoms with E-state index >= 15 is 0 Å². The van der Waals surface area contributed by atoms with Crippen molar-refractivity contribution in [2.75, 3.05) is 13.1 Å². The van der Waals surface area contributed by atoms with Crippen molar-refractivity contribution in [2.24, 2.45) is 5.92 Å². The molecular weight excluding hydrogens is 322 g/mol. The van der Waals surface area contributed by atoms with E-state index in [0.717, 1.165) is 41.4 Å². The predicted molar refractivity (Wildman–Crippen MR) is 82.3 cm³/mol. The van der Waals surface area contributed by atoms with Crippen LogP contribution in [0.15, 0.2) is 28.2 Å². The van der Waals surface area contributed by atoms with Crippen LogP contribution in [0.4, 0.5) is 0 Å². The van der Waals surface area contributed by atoms with Crippen LogP contribution in [0.3, 0.4) is 0 Å². The zero-order valence-corrected chi connectivity index (χ0v) is 13.0. The van der Waals surface area contributed by atoms with E-state index in [0.29, 0.717) is 0 Å². The number of halogens is 1. The summed E-state index contributed by atoms with van der Waals surface area (Å²) in [4.78, 5) is 10.3. The van der Waals surface area contributed by atoms with E-state index in [4.69, 9.17) is 4.98 Å². The number of rotatable bonds is 3.